The first-order valence-electron chi connectivity index (χ1n) is 7.75. The Morgan fingerprint density at radius 2 is 1.91 bits per heavy atom. The van der Waals surface area contributed by atoms with Crippen LogP contribution in [0.4, 0.5) is 0 Å². The lowest BCUT2D eigenvalue weighted by molar-refractivity contribution is -0.147. The van der Waals surface area contributed by atoms with Crippen LogP contribution >= 0.6 is 0 Å². The van der Waals surface area contributed by atoms with E-state index in [0.29, 0.717) is 6.61 Å². The van der Waals surface area contributed by atoms with Crippen molar-refractivity contribution in [2.75, 3.05) is 13.7 Å². The van der Waals surface area contributed by atoms with E-state index in [0.717, 1.165) is 16.9 Å². The SMILES string of the molecule is Cc1ccc([C@@H]2ON(C)[C@H]3c4ccccc4OC[C@]32C#N)cc1. The van der Waals surface area contributed by atoms with Gasteiger partial charge in [-0.3, -0.25) is 4.84 Å². The fourth-order valence-corrected chi connectivity index (χ4v) is 3.70. The molecule has 0 spiro atoms. The van der Waals surface area contributed by atoms with Gasteiger partial charge in [0.15, 0.2) is 0 Å². The van der Waals surface area contributed by atoms with Gasteiger partial charge in [-0.15, -0.1) is 0 Å². The third-order valence-corrected chi connectivity index (χ3v) is 4.86. The Bertz CT molecular complexity index is 781. The minimum atomic E-state index is -0.752. The van der Waals surface area contributed by atoms with Gasteiger partial charge in [0.2, 0.25) is 0 Å². The first-order chi connectivity index (χ1) is 11.2. The van der Waals surface area contributed by atoms with Crippen molar-refractivity contribution < 1.29 is 9.57 Å². The van der Waals surface area contributed by atoms with Crippen LogP contribution in [0.1, 0.15) is 28.8 Å². The zero-order valence-electron chi connectivity index (χ0n) is 13.2. The smallest absolute Gasteiger partial charge is 0.145 e. The minimum absolute atomic E-state index is 0.135. The van der Waals surface area contributed by atoms with Gasteiger partial charge in [-0.2, -0.15) is 10.3 Å². The van der Waals surface area contributed by atoms with Gasteiger partial charge in [0, 0.05) is 12.6 Å². The van der Waals surface area contributed by atoms with Crippen molar-refractivity contribution in [3.8, 4) is 11.8 Å². The van der Waals surface area contributed by atoms with Gasteiger partial charge in [-0.25, -0.2) is 0 Å². The molecule has 0 N–H and O–H groups in total. The monoisotopic (exact) mass is 306 g/mol. The summed E-state index contributed by atoms with van der Waals surface area (Å²) in [5, 5.41) is 11.9. The number of nitrogens with zero attached hydrogens (tertiary/aromatic N) is 2. The maximum absolute atomic E-state index is 10.0. The van der Waals surface area contributed by atoms with Crippen LogP contribution in [0.25, 0.3) is 0 Å². The highest BCUT2D eigenvalue weighted by Crippen LogP contribution is 2.58. The van der Waals surface area contributed by atoms with Gasteiger partial charge in [-0.05, 0) is 18.6 Å². The van der Waals surface area contributed by atoms with Crippen molar-refractivity contribution in [2.24, 2.45) is 5.41 Å². The summed E-state index contributed by atoms with van der Waals surface area (Å²) >= 11 is 0. The van der Waals surface area contributed by atoms with Crippen molar-refractivity contribution in [1.82, 2.24) is 5.06 Å². The van der Waals surface area contributed by atoms with Crippen molar-refractivity contribution in [1.29, 1.82) is 5.26 Å². The van der Waals surface area contributed by atoms with Crippen LogP contribution in [0, 0.1) is 23.7 Å². The number of hydroxylamine groups is 2. The highest BCUT2D eigenvalue weighted by molar-refractivity contribution is 5.43. The number of ether oxygens (including phenoxy) is 1. The average molecular weight is 306 g/mol. The maximum atomic E-state index is 10.0. The molecule has 0 aromatic heterocycles. The molecule has 0 radical (unpaired) electrons. The summed E-state index contributed by atoms with van der Waals surface area (Å²) in [6.45, 7) is 2.38. The quantitative estimate of drug-likeness (QED) is 0.808. The Labute approximate surface area is 135 Å². The molecule has 4 rings (SSSR count). The third-order valence-electron chi connectivity index (χ3n) is 4.86. The van der Waals surface area contributed by atoms with Gasteiger partial charge >= 0.3 is 0 Å². The molecule has 2 aliphatic rings. The molecule has 2 aromatic carbocycles. The van der Waals surface area contributed by atoms with Crippen LogP contribution < -0.4 is 4.74 Å². The lowest BCUT2D eigenvalue weighted by Gasteiger charge is -2.37. The molecule has 3 atom stereocenters. The van der Waals surface area contributed by atoms with E-state index in [1.165, 1.54) is 5.56 Å². The maximum Gasteiger partial charge on any atom is 0.145 e. The Balaban J connectivity index is 1.84. The number of fused-ring (bicyclic) bond motifs is 3. The Morgan fingerprint density at radius 3 is 2.65 bits per heavy atom. The van der Waals surface area contributed by atoms with Gasteiger partial charge < -0.3 is 4.74 Å². The van der Waals surface area contributed by atoms with E-state index in [4.69, 9.17) is 9.57 Å². The molecule has 116 valence electrons. The van der Waals surface area contributed by atoms with Crippen LogP contribution in [0.2, 0.25) is 0 Å². The summed E-state index contributed by atoms with van der Waals surface area (Å²) in [5.41, 5.74) is 2.46. The molecular formula is C19H18N2O2. The molecule has 4 heteroatoms. The van der Waals surface area contributed by atoms with E-state index in [1.54, 1.807) is 0 Å². The molecular weight excluding hydrogens is 288 g/mol. The zero-order chi connectivity index (χ0) is 16.0. The number of benzene rings is 2. The van der Waals surface area contributed by atoms with Crippen LogP contribution in [0.15, 0.2) is 48.5 Å². The summed E-state index contributed by atoms with van der Waals surface area (Å²) in [4.78, 5) is 6.12. The van der Waals surface area contributed by atoms with Gasteiger partial charge in [-0.1, -0.05) is 48.0 Å². The van der Waals surface area contributed by atoms with E-state index < -0.39 is 5.41 Å². The molecule has 23 heavy (non-hydrogen) atoms. The average Bonchev–Trinajstić information content (AvgIpc) is 2.89. The molecule has 2 aliphatic heterocycles. The standard InChI is InChI=1S/C19H18N2O2/c1-13-7-9-14(10-8-13)18-19(11-20)12-22-16-6-4-3-5-15(16)17(19)21(2)23-18/h3-10,17-18H,12H2,1-2H3/t17-,18-,19+/m0/s1. The number of para-hydroxylation sites is 1. The van der Waals surface area contributed by atoms with E-state index in [-0.39, 0.29) is 12.1 Å². The summed E-state index contributed by atoms with van der Waals surface area (Å²) in [7, 11) is 1.90. The van der Waals surface area contributed by atoms with Crippen molar-refractivity contribution >= 4 is 0 Å². The number of hydrogen-bond acceptors (Lipinski definition) is 4. The summed E-state index contributed by atoms with van der Waals surface area (Å²) < 4.78 is 5.93. The third kappa shape index (κ3) is 1.98. The summed E-state index contributed by atoms with van der Waals surface area (Å²) in [6, 6.07) is 18.5. The lowest BCUT2D eigenvalue weighted by atomic mass is 9.71. The van der Waals surface area contributed by atoms with Gasteiger partial charge in [0.1, 0.15) is 23.9 Å². The molecule has 0 aliphatic carbocycles. The highest BCUT2D eigenvalue weighted by atomic mass is 16.7. The molecule has 1 saturated heterocycles. The van der Waals surface area contributed by atoms with Crippen molar-refractivity contribution in [3.63, 3.8) is 0 Å². The highest BCUT2D eigenvalue weighted by Gasteiger charge is 2.60. The largest absolute Gasteiger partial charge is 0.491 e. The number of aryl methyl sites for hydroxylation is 1. The minimum Gasteiger partial charge on any atom is -0.491 e. The molecule has 2 heterocycles. The van der Waals surface area contributed by atoms with E-state index in [2.05, 4.69) is 18.2 Å². The van der Waals surface area contributed by atoms with Crippen LogP contribution in [-0.2, 0) is 4.84 Å². The van der Waals surface area contributed by atoms with Gasteiger partial charge in [0.05, 0.1) is 12.1 Å². The normalized spacial score (nSPS) is 29.3. The lowest BCUT2D eigenvalue weighted by Crippen LogP contribution is -2.40. The summed E-state index contributed by atoms with van der Waals surface area (Å²) in [5.74, 6) is 0.836. The predicted molar refractivity (Wildman–Crippen MR) is 85.5 cm³/mol. The van der Waals surface area contributed by atoms with Crippen molar-refractivity contribution in [3.05, 3.63) is 65.2 Å². The topological polar surface area (TPSA) is 45.5 Å². The first kappa shape index (κ1) is 14.3. The fourth-order valence-electron chi connectivity index (χ4n) is 3.70. The fraction of sp³-hybridized carbons (Fsp3) is 0.316. The van der Waals surface area contributed by atoms with E-state index in [1.807, 2.05) is 55.4 Å². The molecule has 0 saturated carbocycles. The molecule has 1 fully saturated rings. The zero-order valence-corrected chi connectivity index (χ0v) is 13.2. The Hall–Kier alpha value is -2.35. The van der Waals surface area contributed by atoms with Crippen LogP contribution in [-0.4, -0.2) is 18.7 Å². The second kappa shape index (κ2) is 5.09. The Kier molecular flexibility index (Phi) is 3.15. The molecule has 0 bridgehead atoms. The van der Waals surface area contributed by atoms with Crippen LogP contribution in [0.3, 0.4) is 0 Å². The van der Waals surface area contributed by atoms with E-state index >= 15 is 0 Å². The molecule has 4 nitrogen and oxygen atoms in total. The molecule has 0 unspecified atom stereocenters. The Morgan fingerprint density at radius 1 is 1.17 bits per heavy atom. The number of rotatable bonds is 1. The van der Waals surface area contributed by atoms with Crippen LogP contribution in [0.5, 0.6) is 5.75 Å². The van der Waals surface area contributed by atoms with E-state index in [9.17, 15) is 5.26 Å². The molecule has 2 aromatic rings. The number of hydrogen-bond donors (Lipinski definition) is 0. The number of nitriles is 1. The molecule has 0 amide bonds. The summed E-state index contributed by atoms with van der Waals surface area (Å²) in [6.07, 6.45) is -0.337. The van der Waals surface area contributed by atoms with Gasteiger partial charge in [0.25, 0.3) is 0 Å². The van der Waals surface area contributed by atoms with Crippen molar-refractivity contribution in [2.45, 2.75) is 19.1 Å². The second-order valence-electron chi connectivity index (χ2n) is 6.32. The first-order valence-corrected chi connectivity index (χ1v) is 7.75. The predicted octanol–water partition coefficient (Wildman–Crippen LogP) is 3.56. The second-order valence-corrected chi connectivity index (χ2v) is 6.32.